The zero-order chi connectivity index (χ0) is 21.3. The molecule has 4 rings (SSSR count). The minimum absolute atomic E-state index is 0.350. The average molecular weight is 423 g/mol. The second-order valence-corrected chi connectivity index (χ2v) is 9.39. The van der Waals surface area contributed by atoms with Gasteiger partial charge >= 0.3 is 0 Å². The normalized spacial score (nSPS) is 17.3. The molecule has 0 radical (unpaired) electrons. The van der Waals surface area contributed by atoms with Crippen LogP contribution in [0.15, 0.2) is 54.2 Å². The molecule has 158 valence electrons. The Labute approximate surface area is 181 Å². The van der Waals surface area contributed by atoms with Gasteiger partial charge < -0.3 is 9.88 Å². The Kier molecular flexibility index (Phi) is 6.06. The largest absolute Gasteiger partial charge is 0.371 e. The van der Waals surface area contributed by atoms with Crippen molar-refractivity contribution in [2.24, 2.45) is 0 Å². The molecule has 0 saturated carbocycles. The topological polar surface area (TPSA) is 52.2 Å². The van der Waals surface area contributed by atoms with E-state index in [2.05, 4.69) is 58.5 Å². The summed E-state index contributed by atoms with van der Waals surface area (Å²) in [6.45, 7) is 10.9. The molecule has 2 atom stereocenters. The number of imidazole rings is 1. The van der Waals surface area contributed by atoms with Crippen molar-refractivity contribution >= 4 is 27.5 Å². The molecule has 1 N–H and O–H groups in total. The van der Waals surface area contributed by atoms with E-state index < -0.39 is 10.8 Å². The molecule has 1 aliphatic heterocycles. The summed E-state index contributed by atoms with van der Waals surface area (Å²) in [5, 5.41) is 0.549. The summed E-state index contributed by atoms with van der Waals surface area (Å²) in [6, 6.07) is 12.8. The molecule has 1 aromatic heterocycles. The van der Waals surface area contributed by atoms with Crippen LogP contribution in [-0.2, 0) is 16.6 Å². The predicted octanol–water partition coefficient (Wildman–Crippen LogP) is 4.57. The molecule has 3 aromatic rings. The zero-order valence-corrected chi connectivity index (χ0v) is 18.8. The maximum Gasteiger partial charge on any atom is 0.197 e. The van der Waals surface area contributed by atoms with Crippen LogP contribution in [0, 0.1) is 6.92 Å². The maximum atomic E-state index is 13.2. The number of nitrogens with one attached hydrogen (secondary N) is 1. The average Bonchev–Trinajstić information content (AvgIpc) is 3.16. The molecular formula is C24H30N4OS. The molecule has 0 amide bonds. The Hall–Kier alpha value is -2.44. The summed E-state index contributed by atoms with van der Waals surface area (Å²) in [5.74, 6) is 0.455. The van der Waals surface area contributed by atoms with Gasteiger partial charge in [-0.05, 0) is 56.1 Å². The van der Waals surface area contributed by atoms with Crippen molar-refractivity contribution in [2.45, 2.75) is 37.2 Å². The standard InChI is InChI=1S/C24H30N4OS/c1-5-13-27(4)22-12-14-28(6-2)23-18(8-7-9-19(22)23)16-30(29)24-25-20-11-10-17(3)15-21(20)26-24/h5,7-11,15,22H,1,6,12-14,16H2,2-4H3,(H,25,26). The van der Waals surface area contributed by atoms with Crippen molar-refractivity contribution in [3.8, 4) is 0 Å². The fraction of sp³-hybridized carbons (Fsp3) is 0.375. The molecule has 2 heterocycles. The lowest BCUT2D eigenvalue weighted by molar-refractivity contribution is 0.252. The number of fused-ring (bicyclic) bond motifs is 2. The van der Waals surface area contributed by atoms with Crippen molar-refractivity contribution in [1.29, 1.82) is 0 Å². The lowest BCUT2D eigenvalue weighted by Crippen LogP contribution is -2.37. The van der Waals surface area contributed by atoms with Gasteiger partial charge in [-0.15, -0.1) is 6.58 Å². The van der Waals surface area contributed by atoms with Gasteiger partial charge in [0.25, 0.3) is 0 Å². The van der Waals surface area contributed by atoms with Gasteiger partial charge in [-0.1, -0.05) is 30.3 Å². The van der Waals surface area contributed by atoms with Crippen LogP contribution in [0.4, 0.5) is 5.69 Å². The van der Waals surface area contributed by atoms with Crippen LogP contribution in [0.1, 0.15) is 36.1 Å². The number of rotatable bonds is 7. The second-order valence-electron chi connectivity index (χ2n) is 8.02. The molecule has 0 bridgehead atoms. The Morgan fingerprint density at radius 1 is 1.37 bits per heavy atom. The van der Waals surface area contributed by atoms with E-state index in [1.54, 1.807) is 0 Å². The van der Waals surface area contributed by atoms with E-state index in [1.807, 2.05) is 31.2 Å². The Morgan fingerprint density at radius 2 is 2.20 bits per heavy atom. The van der Waals surface area contributed by atoms with E-state index in [0.717, 1.165) is 48.2 Å². The van der Waals surface area contributed by atoms with Crippen LogP contribution in [0.2, 0.25) is 0 Å². The highest BCUT2D eigenvalue weighted by Gasteiger charge is 2.29. The Bertz CT molecular complexity index is 1090. The van der Waals surface area contributed by atoms with Crippen LogP contribution in [0.5, 0.6) is 0 Å². The zero-order valence-electron chi connectivity index (χ0n) is 18.0. The van der Waals surface area contributed by atoms with Gasteiger partial charge in [0.05, 0.1) is 27.6 Å². The lowest BCUT2D eigenvalue weighted by atomic mass is 9.92. The molecule has 0 fully saturated rings. The van der Waals surface area contributed by atoms with Gasteiger partial charge in [0.1, 0.15) is 0 Å². The molecule has 2 aromatic carbocycles. The highest BCUT2D eigenvalue weighted by Crippen LogP contribution is 2.39. The number of H-pyrrole nitrogens is 1. The number of aromatic amines is 1. The number of aryl methyl sites for hydroxylation is 1. The minimum atomic E-state index is -1.24. The third kappa shape index (κ3) is 3.94. The summed E-state index contributed by atoms with van der Waals surface area (Å²) in [4.78, 5) is 12.6. The van der Waals surface area contributed by atoms with Crippen LogP contribution >= 0.6 is 0 Å². The lowest BCUT2D eigenvalue weighted by Gasteiger charge is -2.40. The number of para-hydroxylation sites is 1. The van der Waals surface area contributed by atoms with Gasteiger partial charge in [0.2, 0.25) is 0 Å². The van der Waals surface area contributed by atoms with E-state index >= 15 is 0 Å². The van der Waals surface area contributed by atoms with Crippen molar-refractivity contribution in [2.75, 3.05) is 31.6 Å². The van der Waals surface area contributed by atoms with Crippen LogP contribution in [0.3, 0.4) is 0 Å². The molecule has 2 unspecified atom stereocenters. The monoisotopic (exact) mass is 422 g/mol. The van der Waals surface area contributed by atoms with E-state index in [0.29, 0.717) is 17.0 Å². The summed E-state index contributed by atoms with van der Waals surface area (Å²) in [7, 11) is 0.915. The van der Waals surface area contributed by atoms with E-state index in [1.165, 1.54) is 11.3 Å². The highest BCUT2D eigenvalue weighted by molar-refractivity contribution is 7.84. The van der Waals surface area contributed by atoms with Gasteiger partial charge in [-0.2, -0.15) is 0 Å². The summed E-state index contributed by atoms with van der Waals surface area (Å²) in [6.07, 6.45) is 3.04. The fourth-order valence-electron chi connectivity index (χ4n) is 4.45. The van der Waals surface area contributed by atoms with Crippen LogP contribution in [0.25, 0.3) is 11.0 Å². The first-order valence-corrected chi connectivity index (χ1v) is 11.9. The third-order valence-corrected chi connectivity index (χ3v) is 7.15. The molecule has 0 saturated heterocycles. The van der Waals surface area contributed by atoms with Crippen LogP contribution < -0.4 is 4.90 Å². The molecule has 1 aliphatic rings. The molecule has 5 nitrogen and oxygen atoms in total. The summed E-state index contributed by atoms with van der Waals surface area (Å²) in [5.41, 5.74) is 6.65. The van der Waals surface area contributed by atoms with E-state index in [9.17, 15) is 4.21 Å². The fourth-order valence-corrected chi connectivity index (χ4v) is 5.53. The van der Waals surface area contributed by atoms with Crippen molar-refractivity contribution in [3.05, 3.63) is 65.7 Å². The Morgan fingerprint density at radius 3 is 2.97 bits per heavy atom. The smallest absolute Gasteiger partial charge is 0.197 e. The quantitative estimate of drug-likeness (QED) is 0.567. The van der Waals surface area contributed by atoms with E-state index in [-0.39, 0.29) is 0 Å². The van der Waals surface area contributed by atoms with Crippen molar-refractivity contribution in [3.63, 3.8) is 0 Å². The first-order chi connectivity index (χ1) is 14.5. The van der Waals surface area contributed by atoms with Gasteiger partial charge in [0, 0.05) is 31.4 Å². The molecular weight excluding hydrogens is 392 g/mol. The number of hydrogen-bond acceptors (Lipinski definition) is 4. The summed E-state index contributed by atoms with van der Waals surface area (Å²) >= 11 is 0. The molecule has 6 heteroatoms. The second kappa shape index (κ2) is 8.74. The molecule has 30 heavy (non-hydrogen) atoms. The number of nitrogens with zero attached hydrogens (tertiary/aromatic N) is 3. The maximum absolute atomic E-state index is 13.2. The van der Waals surface area contributed by atoms with Gasteiger partial charge in [-0.25, -0.2) is 4.98 Å². The molecule has 0 aliphatic carbocycles. The predicted molar refractivity (Wildman–Crippen MR) is 125 cm³/mol. The van der Waals surface area contributed by atoms with Crippen molar-refractivity contribution in [1.82, 2.24) is 14.9 Å². The number of aromatic nitrogens is 2. The minimum Gasteiger partial charge on any atom is -0.371 e. The van der Waals surface area contributed by atoms with Crippen molar-refractivity contribution < 1.29 is 4.21 Å². The number of likely N-dealkylation sites (N-methyl/N-ethyl adjacent to an activating group) is 1. The third-order valence-electron chi connectivity index (χ3n) is 5.95. The number of anilines is 1. The number of hydrogen-bond donors (Lipinski definition) is 1. The number of benzene rings is 2. The molecule has 0 spiro atoms. The van der Waals surface area contributed by atoms with Gasteiger partial charge in [0.15, 0.2) is 5.16 Å². The first-order valence-electron chi connectivity index (χ1n) is 10.5. The van der Waals surface area contributed by atoms with E-state index in [4.69, 9.17) is 0 Å². The SMILES string of the molecule is C=CCN(C)C1CCN(CC)c2c(CS(=O)c3nc4ccc(C)cc4[nH]3)cccc21. The summed E-state index contributed by atoms with van der Waals surface area (Å²) < 4.78 is 13.2. The van der Waals surface area contributed by atoms with Crippen LogP contribution in [-0.4, -0.2) is 45.8 Å². The Balaban J connectivity index is 1.67. The first kappa shape index (κ1) is 20.8. The van der Waals surface area contributed by atoms with Gasteiger partial charge in [-0.3, -0.25) is 9.11 Å². The highest BCUT2D eigenvalue weighted by atomic mass is 32.2.